The van der Waals surface area contributed by atoms with Gasteiger partial charge in [-0.25, -0.2) is 9.78 Å². The van der Waals surface area contributed by atoms with Crippen molar-refractivity contribution < 1.29 is 14.8 Å². The van der Waals surface area contributed by atoms with Gasteiger partial charge in [-0.2, -0.15) is 0 Å². The van der Waals surface area contributed by atoms with Crippen LogP contribution in [0.25, 0.3) is 0 Å². The number of pyridine rings is 1. The molecule has 0 saturated heterocycles. The fourth-order valence-electron chi connectivity index (χ4n) is 3.43. The summed E-state index contributed by atoms with van der Waals surface area (Å²) in [4.78, 5) is 25.2. The number of carboxylic acid groups (broad SMARTS) is 1. The van der Waals surface area contributed by atoms with Gasteiger partial charge < -0.3 is 10.4 Å². The number of aromatic nitrogens is 1. The normalized spacial score (nSPS) is 27.5. The van der Waals surface area contributed by atoms with Crippen LogP contribution < -0.4 is 5.32 Å². The van der Waals surface area contributed by atoms with E-state index in [0.29, 0.717) is 5.92 Å². The van der Waals surface area contributed by atoms with E-state index < -0.39 is 10.9 Å². The molecule has 0 aromatic carbocycles. The number of carboxylic acids is 1. The van der Waals surface area contributed by atoms with Crippen molar-refractivity contribution in [3.8, 4) is 0 Å². The van der Waals surface area contributed by atoms with E-state index in [2.05, 4.69) is 10.3 Å². The number of aromatic carboxylic acids is 1. The Balaban J connectivity index is 1.85. The molecular formula is C13H15N3O4. The molecule has 0 aliphatic heterocycles. The van der Waals surface area contributed by atoms with E-state index in [0.717, 1.165) is 31.0 Å². The summed E-state index contributed by atoms with van der Waals surface area (Å²) in [5.74, 6) is 0.329. The third-order valence-electron chi connectivity index (χ3n) is 4.37. The summed E-state index contributed by atoms with van der Waals surface area (Å²) in [7, 11) is 0. The molecule has 0 spiro atoms. The molecule has 7 nitrogen and oxygen atoms in total. The van der Waals surface area contributed by atoms with Crippen LogP contribution in [0.15, 0.2) is 12.3 Å². The Bertz CT molecular complexity index is 575. The number of nitrogens with zero attached hydrogens (tertiary/aromatic N) is 2. The molecule has 2 aliphatic rings. The zero-order valence-corrected chi connectivity index (χ0v) is 10.8. The van der Waals surface area contributed by atoms with Crippen LogP contribution in [0.4, 0.5) is 11.5 Å². The fourth-order valence-corrected chi connectivity index (χ4v) is 3.43. The maximum absolute atomic E-state index is 11.2. The second-order valence-electron chi connectivity index (χ2n) is 5.58. The van der Waals surface area contributed by atoms with Crippen molar-refractivity contribution in [3.63, 3.8) is 0 Å². The highest BCUT2D eigenvalue weighted by Crippen LogP contribution is 2.45. The van der Waals surface area contributed by atoms with E-state index in [-0.39, 0.29) is 23.1 Å². The van der Waals surface area contributed by atoms with Gasteiger partial charge in [0.1, 0.15) is 17.6 Å². The number of carbonyl (C=O) groups is 1. The van der Waals surface area contributed by atoms with E-state index in [4.69, 9.17) is 0 Å². The molecular weight excluding hydrogens is 262 g/mol. The van der Waals surface area contributed by atoms with Crippen LogP contribution in [0.2, 0.25) is 0 Å². The summed E-state index contributed by atoms with van der Waals surface area (Å²) in [6.07, 6.45) is 5.73. The van der Waals surface area contributed by atoms with E-state index in [1.807, 2.05) is 0 Å². The Kier molecular flexibility index (Phi) is 3.04. The highest BCUT2D eigenvalue weighted by molar-refractivity contribution is 5.93. The Labute approximate surface area is 115 Å². The first-order valence-corrected chi connectivity index (χ1v) is 6.69. The van der Waals surface area contributed by atoms with Crippen molar-refractivity contribution in [3.05, 3.63) is 27.9 Å². The van der Waals surface area contributed by atoms with Crippen molar-refractivity contribution in [2.75, 3.05) is 5.32 Å². The molecule has 1 heterocycles. The molecule has 3 rings (SSSR count). The predicted molar refractivity (Wildman–Crippen MR) is 70.7 cm³/mol. The molecule has 2 bridgehead atoms. The molecule has 3 unspecified atom stereocenters. The third-order valence-corrected chi connectivity index (χ3v) is 4.37. The molecule has 2 N–H and O–H groups in total. The Morgan fingerprint density at radius 1 is 1.45 bits per heavy atom. The van der Waals surface area contributed by atoms with Crippen molar-refractivity contribution >= 4 is 17.5 Å². The van der Waals surface area contributed by atoms with Crippen LogP contribution >= 0.6 is 0 Å². The van der Waals surface area contributed by atoms with Crippen LogP contribution in [0.5, 0.6) is 0 Å². The topological polar surface area (TPSA) is 105 Å². The lowest BCUT2D eigenvalue weighted by atomic mass is 9.95. The van der Waals surface area contributed by atoms with Crippen molar-refractivity contribution in [1.82, 2.24) is 4.98 Å². The summed E-state index contributed by atoms with van der Waals surface area (Å²) in [6.45, 7) is 0. The lowest BCUT2D eigenvalue weighted by Gasteiger charge is -2.23. The van der Waals surface area contributed by atoms with Crippen molar-refractivity contribution in [2.24, 2.45) is 11.8 Å². The number of hydrogen-bond acceptors (Lipinski definition) is 5. The molecule has 106 valence electrons. The molecule has 3 atom stereocenters. The van der Waals surface area contributed by atoms with E-state index in [9.17, 15) is 20.0 Å². The molecule has 2 aliphatic carbocycles. The van der Waals surface area contributed by atoms with Crippen LogP contribution in [0.3, 0.4) is 0 Å². The van der Waals surface area contributed by atoms with E-state index in [1.165, 1.54) is 12.8 Å². The number of hydrogen-bond donors (Lipinski definition) is 2. The van der Waals surface area contributed by atoms with Crippen LogP contribution in [0.1, 0.15) is 36.0 Å². The van der Waals surface area contributed by atoms with Gasteiger partial charge in [0.15, 0.2) is 0 Å². The van der Waals surface area contributed by atoms with Gasteiger partial charge in [-0.15, -0.1) is 0 Å². The maximum atomic E-state index is 11.2. The quantitative estimate of drug-likeness (QED) is 0.646. The van der Waals surface area contributed by atoms with Crippen molar-refractivity contribution in [2.45, 2.75) is 31.7 Å². The van der Waals surface area contributed by atoms with Gasteiger partial charge in [-0.05, 0) is 31.1 Å². The Morgan fingerprint density at radius 2 is 2.25 bits per heavy atom. The average Bonchev–Trinajstić information content (AvgIpc) is 3.01. The molecule has 2 fully saturated rings. The molecule has 1 aromatic rings. The minimum absolute atomic E-state index is 0.137. The number of anilines is 1. The largest absolute Gasteiger partial charge is 0.478 e. The monoisotopic (exact) mass is 277 g/mol. The van der Waals surface area contributed by atoms with Gasteiger partial charge >= 0.3 is 5.97 Å². The second kappa shape index (κ2) is 4.73. The van der Waals surface area contributed by atoms with Gasteiger partial charge in [-0.1, -0.05) is 6.42 Å². The molecule has 0 amide bonds. The smallest absolute Gasteiger partial charge is 0.339 e. The van der Waals surface area contributed by atoms with Gasteiger partial charge in [0.2, 0.25) is 0 Å². The lowest BCUT2D eigenvalue weighted by molar-refractivity contribution is -0.385. The molecule has 0 radical (unpaired) electrons. The van der Waals surface area contributed by atoms with E-state index in [1.54, 1.807) is 0 Å². The second-order valence-corrected chi connectivity index (χ2v) is 5.58. The lowest BCUT2D eigenvalue weighted by Crippen LogP contribution is -2.27. The molecule has 2 saturated carbocycles. The highest BCUT2D eigenvalue weighted by atomic mass is 16.6. The summed E-state index contributed by atoms with van der Waals surface area (Å²) >= 11 is 0. The average molecular weight is 277 g/mol. The first-order chi connectivity index (χ1) is 9.54. The van der Waals surface area contributed by atoms with E-state index >= 15 is 0 Å². The summed E-state index contributed by atoms with van der Waals surface area (Å²) in [5, 5.41) is 23.0. The minimum Gasteiger partial charge on any atom is -0.478 e. The SMILES string of the molecule is O=C(O)c1cc([N+](=O)[O-])cnc1NC1CC2CCC1C2. The summed E-state index contributed by atoms with van der Waals surface area (Å²) < 4.78 is 0. The molecule has 20 heavy (non-hydrogen) atoms. The standard InChI is InChI=1S/C13H15N3O4/c17-13(18)10-5-9(16(19)20)6-14-12(10)15-11-4-7-1-2-8(11)3-7/h5-8,11H,1-4H2,(H,14,15)(H,17,18). The van der Waals surface area contributed by atoms with Gasteiger partial charge in [0.25, 0.3) is 5.69 Å². The van der Waals surface area contributed by atoms with Gasteiger partial charge in [0.05, 0.1) is 4.92 Å². The highest BCUT2D eigenvalue weighted by Gasteiger charge is 2.40. The number of nitro groups is 1. The fraction of sp³-hybridized carbons (Fsp3) is 0.538. The molecule has 1 aromatic heterocycles. The van der Waals surface area contributed by atoms with Gasteiger partial charge in [0, 0.05) is 12.1 Å². The zero-order chi connectivity index (χ0) is 14.3. The predicted octanol–water partition coefficient (Wildman–Crippen LogP) is 2.29. The molecule has 7 heteroatoms. The number of nitrogens with one attached hydrogen (secondary N) is 1. The summed E-state index contributed by atoms with van der Waals surface area (Å²) in [6, 6.07) is 1.30. The zero-order valence-electron chi connectivity index (χ0n) is 10.8. The number of fused-ring (bicyclic) bond motifs is 2. The van der Waals surface area contributed by atoms with Crippen LogP contribution in [-0.2, 0) is 0 Å². The van der Waals surface area contributed by atoms with Crippen LogP contribution in [0, 0.1) is 22.0 Å². The minimum atomic E-state index is -1.20. The Morgan fingerprint density at radius 3 is 2.80 bits per heavy atom. The Hall–Kier alpha value is -2.18. The van der Waals surface area contributed by atoms with Crippen molar-refractivity contribution in [1.29, 1.82) is 0 Å². The first-order valence-electron chi connectivity index (χ1n) is 6.69. The number of rotatable bonds is 4. The first kappa shape index (κ1) is 12.8. The summed E-state index contributed by atoms with van der Waals surface area (Å²) in [5.41, 5.74) is -0.442. The van der Waals surface area contributed by atoms with Gasteiger partial charge in [-0.3, -0.25) is 10.1 Å². The maximum Gasteiger partial charge on any atom is 0.339 e. The van der Waals surface area contributed by atoms with Crippen LogP contribution in [-0.4, -0.2) is 27.0 Å². The third kappa shape index (κ3) is 2.19.